The first kappa shape index (κ1) is 10.2. The average Bonchev–Trinajstić information content (AvgIpc) is 3.52. The zero-order chi connectivity index (χ0) is 38.3. The van der Waals surface area contributed by atoms with Crippen LogP contribution >= 0.6 is 0 Å². The van der Waals surface area contributed by atoms with Gasteiger partial charge in [0.15, 0.2) is 0 Å². The molecule has 7 aromatic carbocycles. The molecular weight excluding hydrogens is 448 g/mol. The van der Waals surface area contributed by atoms with Gasteiger partial charge in [-0.05, 0) is 72.7 Å². The molecule has 37 heavy (non-hydrogen) atoms. The van der Waals surface area contributed by atoms with Gasteiger partial charge in [0.2, 0.25) is 0 Å². The highest BCUT2D eigenvalue weighted by Gasteiger charge is 2.18. The summed E-state index contributed by atoms with van der Waals surface area (Å²) in [6.07, 6.45) is 0. The van der Waals surface area contributed by atoms with E-state index < -0.39 is 54.4 Å². The van der Waals surface area contributed by atoms with Crippen molar-refractivity contribution in [3.8, 4) is 22.3 Å². The third kappa shape index (κ3) is 2.98. The Bertz CT molecular complexity index is 2950. The summed E-state index contributed by atoms with van der Waals surface area (Å²) in [5.41, 5.74) is -0.320. The van der Waals surface area contributed by atoms with Crippen molar-refractivity contribution in [2.75, 3.05) is 0 Å². The topological polar surface area (TPSA) is 13.1 Å². The Morgan fingerprint density at radius 3 is 1.81 bits per heavy atom. The van der Waals surface area contributed by atoms with E-state index in [9.17, 15) is 2.74 Å². The number of fused-ring (bicyclic) bond motifs is 6. The summed E-state index contributed by atoms with van der Waals surface area (Å²) in [4.78, 5) is 0. The zero-order valence-electron chi connectivity index (χ0n) is 34.9. The van der Waals surface area contributed by atoms with Crippen LogP contribution in [-0.2, 0) is 0 Å². The normalized spacial score (nSPS) is 17.8. The standard InChI is InChI=1S/C36H22O/c1-2-12-25-23(10-1)11-9-18-27(25)36-30-16-5-3-14-28(30)35(29-15-4-6-17-31(29)36)24-20-21-34-32(22-24)26-13-7-8-19-33(26)37-34/h1-22H/i1D,2D,3D,4D,5D,6D,7D,8D,9D,10D,11D,13D,19D,20D,21D,22D. The number of para-hydroxylation sites is 1. The van der Waals surface area contributed by atoms with Crippen LogP contribution in [-0.4, -0.2) is 0 Å². The molecule has 172 valence electrons. The van der Waals surface area contributed by atoms with Crippen molar-refractivity contribution in [2.45, 2.75) is 0 Å². The van der Waals surface area contributed by atoms with Gasteiger partial charge in [-0.25, -0.2) is 0 Å². The molecule has 1 nitrogen and oxygen atoms in total. The van der Waals surface area contributed by atoms with Crippen LogP contribution in [0.25, 0.3) is 76.5 Å². The van der Waals surface area contributed by atoms with E-state index in [0.717, 1.165) is 0 Å². The van der Waals surface area contributed by atoms with Gasteiger partial charge >= 0.3 is 0 Å². The molecule has 0 bridgehead atoms. The maximum Gasteiger partial charge on any atom is 0.135 e. The van der Waals surface area contributed by atoms with Crippen LogP contribution in [0.3, 0.4) is 0 Å². The Kier molecular flexibility index (Phi) is 2.16. The molecule has 0 fully saturated rings. The minimum absolute atomic E-state index is 0.0599. The second-order valence-electron chi connectivity index (χ2n) is 8.47. The SMILES string of the molecule is [2H]c1cc2c(-c3c([2H])c([2H])c4oc5c([2H])c([2H])c([2H])c([2H])c5c4c3[2H])c3cc([2H])c([2H])cc3c(-c3cc([2H])c([2H])c4c([2H])c([2H])c([2H])cc34)c2cc1[2H]. The predicted octanol–water partition coefficient (Wildman–Crippen LogP) is 10.4. The van der Waals surface area contributed by atoms with E-state index in [-0.39, 0.29) is 119 Å². The Labute approximate surface area is 236 Å². The minimum atomic E-state index is -0.597. The summed E-state index contributed by atoms with van der Waals surface area (Å²) in [6.45, 7) is 0. The van der Waals surface area contributed by atoms with Crippen molar-refractivity contribution in [3.63, 3.8) is 0 Å². The van der Waals surface area contributed by atoms with Crippen molar-refractivity contribution < 1.29 is 26.3 Å². The van der Waals surface area contributed by atoms with E-state index in [1.807, 2.05) is 0 Å². The molecule has 0 aliphatic heterocycles. The molecule has 0 radical (unpaired) electrons. The molecule has 1 heterocycles. The number of hydrogen-bond donors (Lipinski definition) is 0. The van der Waals surface area contributed by atoms with Crippen molar-refractivity contribution in [2.24, 2.45) is 0 Å². The summed E-state index contributed by atoms with van der Waals surface area (Å²) in [5.74, 6) is 0. The molecule has 0 unspecified atom stereocenters. The predicted molar refractivity (Wildman–Crippen MR) is 157 cm³/mol. The van der Waals surface area contributed by atoms with E-state index >= 15 is 0 Å². The van der Waals surface area contributed by atoms with Crippen molar-refractivity contribution in [1.82, 2.24) is 0 Å². The highest BCUT2D eigenvalue weighted by atomic mass is 16.3. The fraction of sp³-hybridized carbons (Fsp3) is 0. The van der Waals surface area contributed by atoms with Gasteiger partial charge in [-0.1, -0.05) is 115 Å². The Morgan fingerprint density at radius 1 is 0.432 bits per heavy atom. The van der Waals surface area contributed by atoms with Crippen LogP contribution in [0, 0.1) is 0 Å². The molecule has 0 saturated carbocycles. The van der Waals surface area contributed by atoms with Crippen LogP contribution in [0.4, 0.5) is 0 Å². The Hall–Kier alpha value is -4.88. The number of furan rings is 1. The second kappa shape index (κ2) is 7.81. The maximum atomic E-state index is 9.50. The average molecular weight is 487 g/mol. The summed E-state index contributed by atoms with van der Waals surface area (Å²) in [7, 11) is 0. The Balaban J connectivity index is 1.66. The largest absolute Gasteiger partial charge is 0.456 e. The van der Waals surface area contributed by atoms with Crippen LogP contribution in [0.5, 0.6) is 0 Å². The molecule has 0 saturated heterocycles. The summed E-state index contributed by atoms with van der Waals surface area (Å²) < 4.78 is 144. The summed E-state index contributed by atoms with van der Waals surface area (Å²) in [5, 5.41) is 0.488. The molecule has 0 aliphatic carbocycles. The molecule has 0 N–H and O–H groups in total. The zero-order valence-corrected chi connectivity index (χ0v) is 18.9. The van der Waals surface area contributed by atoms with Crippen LogP contribution < -0.4 is 0 Å². The van der Waals surface area contributed by atoms with Crippen molar-refractivity contribution >= 4 is 54.3 Å². The van der Waals surface area contributed by atoms with E-state index in [2.05, 4.69) is 0 Å². The van der Waals surface area contributed by atoms with Crippen LogP contribution in [0.1, 0.15) is 21.9 Å². The van der Waals surface area contributed by atoms with Gasteiger partial charge < -0.3 is 4.42 Å². The van der Waals surface area contributed by atoms with Gasteiger partial charge in [0.25, 0.3) is 0 Å². The molecule has 0 spiro atoms. The lowest BCUT2D eigenvalue weighted by atomic mass is 9.84. The van der Waals surface area contributed by atoms with Gasteiger partial charge in [-0.2, -0.15) is 0 Å². The third-order valence-electron chi connectivity index (χ3n) is 6.54. The van der Waals surface area contributed by atoms with E-state index in [0.29, 0.717) is 0 Å². The number of benzene rings is 7. The highest BCUT2D eigenvalue weighted by molar-refractivity contribution is 6.24. The number of rotatable bonds is 2. The van der Waals surface area contributed by atoms with Crippen molar-refractivity contribution in [1.29, 1.82) is 0 Å². The van der Waals surface area contributed by atoms with Crippen LogP contribution in [0.2, 0.25) is 0 Å². The molecule has 8 aromatic rings. The van der Waals surface area contributed by atoms with Gasteiger partial charge in [0, 0.05) is 10.8 Å². The quantitative estimate of drug-likeness (QED) is 0.221. The van der Waals surface area contributed by atoms with Gasteiger partial charge in [-0.15, -0.1) is 0 Å². The minimum Gasteiger partial charge on any atom is -0.456 e. The first-order valence-corrected chi connectivity index (χ1v) is 11.4. The van der Waals surface area contributed by atoms with Gasteiger partial charge in [-0.3, -0.25) is 0 Å². The molecule has 0 aliphatic rings. The summed E-state index contributed by atoms with van der Waals surface area (Å²) in [6, 6.07) is 1.28. The summed E-state index contributed by atoms with van der Waals surface area (Å²) >= 11 is 0. The lowest BCUT2D eigenvalue weighted by molar-refractivity contribution is 0.669. The van der Waals surface area contributed by atoms with Crippen molar-refractivity contribution in [3.05, 3.63) is 133 Å². The van der Waals surface area contributed by atoms with E-state index in [4.69, 9.17) is 23.6 Å². The second-order valence-corrected chi connectivity index (χ2v) is 8.47. The highest BCUT2D eigenvalue weighted by Crippen LogP contribution is 2.45. The van der Waals surface area contributed by atoms with E-state index in [1.54, 1.807) is 0 Å². The first-order chi connectivity index (χ1) is 25.0. The molecule has 8 rings (SSSR count). The smallest absolute Gasteiger partial charge is 0.135 e. The van der Waals surface area contributed by atoms with E-state index in [1.165, 1.54) is 36.4 Å². The lowest BCUT2D eigenvalue weighted by Crippen LogP contribution is -1.91. The molecule has 1 heteroatoms. The molecule has 0 atom stereocenters. The third-order valence-corrected chi connectivity index (χ3v) is 6.54. The maximum absolute atomic E-state index is 9.50. The lowest BCUT2D eigenvalue weighted by Gasteiger charge is -2.18. The molecule has 1 aromatic heterocycles. The fourth-order valence-corrected chi connectivity index (χ4v) is 4.99. The van der Waals surface area contributed by atoms with Gasteiger partial charge in [0.1, 0.15) is 11.2 Å². The molecular formula is C36H22O. The monoisotopic (exact) mass is 486 g/mol. The Morgan fingerprint density at radius 2 is 1.03 bits per heavy atom. The fourth-order valence-electron chi connectivity index (χ4n) is 4.99. The number of hydrogen-bond acceptors (Lipinski definition) is 1. The molecule has 0 amide bonds. The van der Waals surface area contributed by atoms with Gasteiger partial charge in [0.05, 0.1) is 21.9 Å². The van der Waals surface area contributed by atoms with Crippen LogP contribution in [0.15, 0.2) is 137 Å². The first-order valence-electron chi connectivity index (χ1n) is 19.4.